The maximum Gasteiger partial charge on any atom is 0.165 e. The number of aromatic amines is 1. The number of halogens is 2. The summed E-state index contributed by atoms with van der Waals surface area (Å²) in [7, 11) is 0. The number of rotatable bonds is 2. The van der Waals surface area contributed by atoms with Crippen molar-refractivity contribution in [3.8, 4) is 11.5 Å². The minimum atomic E-state index is -0.458. The average Bonchev–Trinajstić information content (AvgIpc) is 2.83. The van der Waals surface area contributed by atoms with Crippen molar-refractivity contribution in [3.63, 3.8) is 0 Å². The van der Waals surface area contributed by atoms with Crippen molar-refractivity contribution in [2.24, 2.45) is 0 Å². The predicted octanol–water partition coefficient (Wildman–Crippen LogP) is 4.15. The minimum absolute atomic E-state index is 0.0937. The lowest BCUT2D eigenvalue weighted by molar-refractivity contribution is 0.446. The molecule has 0 aliphatic rings. The Morgan fingerprint density at radius 2 is 2.06 bits per heavy atom. The van der Waals surface area contributed by atoms with Crippen molar-refractivity contribution >= 4 is 22.6 Å². The van der Waals surface area contributed by atoms with E-state index >= 15 is 0 Å². The first-order chi connectivity index (χ1) is 8.74. The summed E-state index contributed by atoms with van der Waals surface area (Å²) < 4.78 is 19.1. The number of pyridine rings is 1. The molecule has 90 valence electrons. The largest absolute Gasteiger partial charge is 0.453 e. The van der Waals surface area contributed by atoms with Crippen LogP contribution in [0.3, 0.4) is 0 Å². The van der Waals surface area contributed by atoms with Crippen LogP contribution in [0.5, 0.6) is 11.5 Å². The number of nitrogens with one attached hydrogen (secondary N) is 1. The number of ether oxygens (including phenoxy) is 1. The van der Waals surface area contributed by atoms with Crippen molar-refractivity contribution in [1.29, 1.82) is 0 Å². The van der Waals surface area contributed by atoms with E-state index in [0.29, 0.717) is 16.4 Å². The van der Waals surface area contributed by atoms with E-state index in [9.17, 15) is 4.39 Å². The minimum Gasteiger partial charge on any atom is -0.453 e. The molecule has 1 aromatic carbocycles. The zero-order chi connectivity index (χ0) is 12.5. The summed E-state index contributed by atoms with van der Waals surface area (Å²) in [6.45, 7) is 0. The zero-order valence-corrected chi connectivity index (χ0v) is 9.91. The quantitative estimate of drug-likeness (QED) is 0.753. The summed E-state index contributed by atoms with van der Waals surface area (Å²) in [6.07, 6.45) is 3.34. The van der Waals surface area contributed by atoms with Gasteiger partial charge in [0, 0.05) is 23.5 Å². The number of benzene rings is 1. The Bertz CT molecular complexity index is 711. The van der Waals surface area contributed by atoms with Crippen LogP contribution in [0, 0.1) is 5.82 Å². The maximum atomic E-state index is 13.6. The number of H-pyrrole nitrogens is 1. The topological polar surface area (TPSA) is 37.9 Å². The van der Waals surface area contributed by atoms with E-state index in [1.807, 2.05) is 6.07 Å². The molecule has 0 aliphatic carbocycles. The molecule has 0 aliphatic heterocycles. The zero-order valence-electron chi connectivity index (χ0n) is 9.15. The highest BCUT2D eigenvalue weighted by Gasteiger charge is 2.09. The first-order valence-electron chi connectivity index (χ1n) is 5.29. The lowest BCUT2D eigenvalue weighted by atomic mass is 10.3. The van der Waals surface area contributed by atoms with Crippen LogP contribution in [0.25, 0.3) is 11.0 Å². The van der Waals surface area contributed by atoms with Gasteiger partial charge in [0.25, 0.3) is 0 Å². The second-order valence-electron chi connectivity index (χ2n) is 3.73. The van der Waals surface area contributed by atoms with Crippen molar-refractivity contribution in [2.45, 2.75) is 0 Å². The third kappa shape index (κ3) is 1.91. The molecule has 3 nitrogen and oxygen atoms in total. The van der Waals surface area contributed by atoms with E-state index in [1.54, 1.807) is 18.5 Å². The molecule has 0 spiro atoms. The van der Waals surface area contributed by atoms with Gasteiger partial charge in [0.1, 0.15) is 11.4 Å². The van der Waals surface area contributed by atoms with Gasteiger partial charge in [-0.25, -0.2) is 9.37 Å². The Hall–Kier alpha value is -2.07. The van der Waals surface area contributed by atoms with Gasteiger partial charge < -0.3 is 9.72 Å². The summed E-state index contributed by atoms with van der Waals surface area (Å²) in [4.78, 5) is 7.09. The number of nitrogens with zero attached hydrogens (tertiary/aromatic N) is 1. The third-order valence-corrected chi connectivity index (χ3v) is 2.77. The molecule has 0 atom stereocenters. The van der Waals surface area contributed by atoms with E-state index in [-0.39, 0.29) is 5.75 Å². The lowest BCUT2D eigenvalue weighted by Gasteiger charge is -2.07. The molecule has 0 radical (unpaired) electrons. The summed E-state index contributed by atoms with van der Waals surface area (Å²) in [6, 6.07) is 7.68. The first-order valence-corrected chi connectivity index (χ1v) is 5.67. The van der Waals surface area contributed by atoms with Gasteiger partial charge in [0.05, 0.1) is 5.39 Å². The number of hydrogen-bond acceptors (Lipinski definition) is 2. The van der Waals surface area contributed by atoms with Crippen LogP contribution in [0.4, 0.5) is 4.39 Å². The van der Waals surface area contributed by atoms with Crippen LogP contribution in [-0.2, 0) is 0 Å². The number of fused-ring (bicyclic) bond motifs is 1. The predicted molar refractivity (Wildman–Crippen MR) is 67.6 cm³/mol. The van der Waals surface area contributed by atoms with Crippen LogP contribution in [0.1, 0.15) is 0 Å². The van der Waals surface area contributed by atoms with Gasteiger partial charge in [0.15, 0.2) is 11.6 Å². The molecular weight excluding hydrogens is 255 g/mol. The molecule has 1 N–H and O–H groups in total. The van der Waals surface area contributed by atoms with Crippen LogP contribution < -0.4 is 4.74 Å². The summed E-state index contributed by atoms with van der Waals surface area (Å²) >= 11 is 5.81. The van der Waals surface area contributed by atoms with Gasteiger partial charge in [-0.3, -0.25) is 0 Å². The fourth-order valence-corrected chi connectivity index (χ4v) is 1.86. The van der Waals surface area contributed by atoms with Crippen molar-refractivity contribution in [2.75, 3.05) is 0 Å². The Morgan fingerprint density at radius 1 is 1.17 bits per heavy atom. The molecule has 2 heterocycles. The SMILES string of the molecule is Fc1ccc(Cl)cc1Oc1ccnc2[nH]ccc12. The van der Waals surface area contributed by atoms with E-state index in [4.69, 9.17) is 16.3 Å². The van der Waals surface area contributed by atoms with Crippen LogP contribution >= 0.6 is 11.6 Å². The molecular formula is C13H8ClFN2O. The van der Waals surface area contributed by atoms with Crippen molar-refractivity contribution in [3.05, 3.63) is 53.6 Å². The van der Waals surface area contributed by atoms with E-state index in [0.717, 1.165) is 5.39 Å². The van der Waals surface area contributed by atoms with E-state index < -0.39 is 5.82 Å². The van der Waals surface area contributed by atoms with Gasteiger partial charge in [-0.05, 0) is 24.3 Å². The summed E-state index contributed by atoms with van der Waals surface area (Å²) in [5.41, 5.74) is 0.690. The molecule has 0 bridgehead atoms. The molecule has 0 saturated carbocycles. The van der Waals surface area contributed by atoms with Gasteiger partial charge in [-0.1, -0.05) is 11.6 Å². The maximum absolute atomic E-state index is 13.6. The van der Waals surface area contributed by atoms with Crippen molar-refractivity contribution < 1.29 is 9.13 Å². The van der Waals surface area contributed by atoms with Crippen LogP contribution in [0.15, 0.2) is 42.7 Å². The Kier molecular flexibility index (Phi) is 2.64. The molecule has 0 saturated heterocycles. The number of hydrogen-bond donors (Lipinski definition) is 1. The Balaban J connectivity index is 2.06. The highest BCUT2D eigenvalue weighted by Crippen LogP contribution is 2.31. The third-order valence-electron chi connectivity index (χ3n) is 2.53. The highest BCUT2D eigenvalue weighted by atomic mass is 35.5. The lowest BCUT2D eigenvalue weighted by Crippen LogP contribution is -1.89. The number of aromatic nitrogens is 2. The average molecular weight is 263 g/mol. The Labute approximate surface area is 107 Å². The standard InChI is InChI=1S/C13H8ClFN2O/c14-8-1-2-10(15)12(7-8)18-11-4-6-17-13-9(11)3-5-16-13/h1-7H,(H,16,17). The molecule has 3 rings (SSSR count). The molecule has 2 aromatic heterocycles. The molecule has 5 heteroatoms. The second-order valence-corrected chi connectivity index (χ2v) is 4.16. The van der Waals surface area contributed by atoms with Crippen molar-refractivity contribution in [1.82, 2.24) is 9.97 Å². The van der Waals surface area contributed by atoms with E-state index in [2.05, 4.69) is 9.97 Å². The molecule has 18 heavy (non-hydrogen) atoms. The molecule has 0 amide bonds. The highest BCUT2D eigenvalue weighted by molar-refractivity contribution is 6.30. The monoisotopic (exact) mass is 262 g/mol. The van der Waals surface area contributed by atoms with E-state index in [1.165, 1.54) is 18.2 Å². The molecule has 0 unspecified atom stereocenters. The van der Waals surface area contributed by atoms with Gasteiger partial charge >= 0.3 is 0 Å². The summed E-state index contributed by atoms with van der Waals surface area (Å²) in [5.74, 6) is 0.165. The Morgan fingerprint density at radius 3 is 2.94 bits per heavy atom. The fraction of sp³-hybridized carbons (Fsp3) is 0. The smallest absolute Gasteiger partial charge is 0.165 e. The van der Waals surface area contributed by atoms with Crippen LogP contribution in [-0.4, -0.2) is 9.97 Å². The second kappa shape index (κ2) is 4.31. The molecule has 0 fully saturated rings. The van der Waals surface area contributed by atoms with Gasteiger partial charge in [0.2, 0.25) is 0 Å². The first kappa shape index (κ1) is 11.0. The summed E-state index contributed by atoms with van der Waals surface area (Å²) in [5, 5.41) is 1.21. The van der Waals surface area contributed by atoms with Crippen LogP contribution in [0.2, 0.25) is 5.02 Å². The fourth-order valence-electron chi connectivity index (χ4n) is 1.70. The normalized spacial score (nSPS) is 10.8. The van der Waals surface area contributed by atoms with Gasteiger partial charge in [-0.2, -0.15) is 0 Å². The van der Waals surface area contributed by atoms with Gasteiger partial charge in [-0.15, -0.1) is 0 Å². The molecule has 3 aromatic rings.